The summed E-state index contributed by atoms with van der Waals surface area (Å²) in [5, 5.41) is 3.81. The minimum Gasteiger partial charge on any atom is -0.465 e. The van der Waals surface area contributed by atoms with Crippen molar-refractivity contribution < 1.29 is 9.53 Å². The number of hydrogen-bond donors (Lipinski definition) is 1. The van der Waals surface area contributed by atoms with E-state index in [1.165, 1.54) is 12.0 Å². The van der Waals surface area contributed by atoms with E-state index in [1.807, 2.05) is 6.26 Å². The third-order valence-electron chi connectivity index (χ3n) is 3.03. The molecule has 0 aliphatic carbocycles. The summed E-state index contributed by atoms with van der Waals surface area (Å²) < 4.78 is 4.71. The maximum absolute atomic E-state index is 11.5. The molecule has 2 aromatic rings. The van der Waals surface area contributed by atoms with Crippen LogP contribution in [0.5, 0.6) is 0 Å². The minimum absolute atomic E-state index is 0.376. The molecule has 110 valence electrons. The van der Waals surface area contributed by atoms with E-state index in [0.29, 0.717) is 22.8 Å². The molecule has 21 heavy (non-hydrogen) atoms. The van der Waals surface area contributed by atoms with Gasteiger partial charge in [-0.1, -0.05) is 23.7 Å². The van der Waals surface area contributed by atoms with Crippen LogP contribution in [0.3, 0.4) is 0 Å². The molecule has 0 saturated carbocycles. The summed E-state index contributed by atoms with van der Waals surface area (Å²) >= 11 is 7.85. The van der Waals surface area contributed by atoms with Gasteiger partial charge in [0.25, 0.3) is 0 Å². The van der Waals surface area contributed by atoms with Gasteiger partial charge in [0.15, 0.2) is 0 Å². The Kier molecular flexibility index (Phi) is 5.53. The Bertz CT molecular complexity index is 629. The molecule has 0 atom stereocenters. The predicted octanol–water partition coefficient (Wildman–Crippen LogP) is 4.46. The van der Waals surface area contributed by atoms with E-state index < -0.39 is 0 Å². The van der Waals surface area contributed by atoms with Gasteiger partial charge in [-0.05, 0) is 42.2 Å². The number of esters is 1. The van der Waals surface area contributed by atoms with Gasteiger partial charge in [-0.3, -0.25) is 0 Å². The lowest BCUT2D eigenvalue weighted by atomic mass is 10.2. The van der Waals surface area contributed by atoms with Crippen LogP contribution in [0.25, 0.3) is 0 Å². The van der Waals surface area contributed by atoms with Crippen molar-refractivity contribution >= 4 is 35.0 Å². The topological polar surface area (TPSA) is 38.3 Å². The van der Waals surface area contributed by atoms with Crippen molar-refractivity contribution in [2.45, 2.75) is 11.4 Å². The average Bonchev–Trinajstić information content (AvgIpc) is 2.53. The lowest BCUT2D eigenvalue weighted by molar-refractivity contribution is 0.0601. The fourth-order valence-electron chi connectivity index (χ4n) is 1.85. The van der Waals surface area contributed by atoms with Gasteiger partial charge in [0.05, 0.1) is 23.4 Å². The Balaban J connectivity index is 2.09. The van der Waals surface area contributed by atoms with Gasteiger partial charge in [0.1, 0.15) is 0 Å². The zero-order valence-corrected chi connectivity index (χ0v) is 13.4. The summed E-state index contributed by atoms with van der Waals surface area (Å²) in [7, 11) is 1.36. The Morgan fingerprint density at radius 2 is 1.95 bits per heavy atom. The molecule has 0 amide bonds. The second-order valence-electron chi connectivity index (χ2n) is 4.39. The summed E-state index contributed by atoms with van der Waals surface area (Å²) in [5.74, 6) is -0.376. The van der Waals surface area contributed by atoms with Crippen LogP contribution in [0, 0.1) is 0 Å². The number of hydrogen-bond acceptors (Lipinski definition) is 4. The van der Waals surface area contributed by atoms with Crippen molar-refractivity contribution in [1.82, 2.24) is 0 Å². The average molecular weight is 322 g/mol. The van der Waals surface area contributed by atoms with Gasteiger partial charge in [0, 0.05) is 11.4 Å². The molecule has 5 heteroatoms. The predicted molar refractivity (Wildman–Crippen MR) is 88.3 cm³/mol. The molecule has 2 aromatic carbocycles. The van der Waals surface area contributed by atoms with Crippen molar-refractivity contribution in [3.63, 3.8) is 0 Å². The third kappa shape index (κ3) is 4.16. The Hall–Kier alpha value is -1.65. The van der Waals surface area contributed by atoms with E-state index in [2.05, 4.69) is 29.6 Å². The van der Waals surface area contributed by atoms with E-state index in [4.69, 9.17) is 16.3 Å². The standard InChI is InChI=1S/C16H16ClNO2S/c1-20-16(19)12-5-8-14(17)15(9-12)18-10-11-3-6-13(21-2)7-4-11/h3-9,18H,10H2,1-2H3. The highest BCUT2D eigenvalue weighted by Crippen LogP contribution is 2.24. The summed E-state index contributed by atoms with van der Waals surface area (Å²) in [4.78, 5) is 12.8. The summed E-state index contributed by atoms with van der Waals surface area (Å²) in [5.41, 5.74) is 2.34. The van der Waals surface area contributed by atoms with E-state index in [-0.39, 0.29) is 5.97 Å². The van der Waals surface area contributed by atoms with Crippen molar-refractivity contribution in [3.05, 3.63) is 58.6 Å². The van der Waals surface area contributed by atoms with Crippen LogP contribution in [0.2, 0.25) is 5.02 Å². The molecular weight excluding hydrogens is 306 g/mol. The second-order valence-corrected chi connectivity index (χ2v) is 5.67. The van der Waals surface area contributed by atoms with Crippen molar-refractivity contribution in [2.24, 2.45) is 0 Å². The van der Waals surface area contributed by atoms with Gasteiger partial charge >= 0.3 is 5.97 Å². The number of carbonyl (C=O) groups is 1. The maximum Gasteiger partial charge on any atom is 0.337 e. The Morgan fingerprint density at radius 3 is 2.57 bits per heavy atom. The molecule has 0 fully saturated rings. The molecular formula is C16H16ClNO2S. The molecule has 0 spiro atoms. The van der Waals surface area contributed by atoms with Crippen LogP contribution in [0.1, 0.15) is 15.9 Å². The summed E-state index contributed by atoms with van der Waals surface area (Å²) in [6.07, 6.45) is 2.05. The number of methoxy groups -OCH3 is 1. The minimum atomic E-state index is -0.376. The van der Waals surface area contributed by atoms with Crippen LogP contribution < -0.4 is 5.32 Å². The van der Waals surface area contributed by atoms with Crippen molar-refractivity contribution in [1.29, 1.82) is 0 Å². The summed E-state index contributed by atoms with van der Waals surface area (Å²) in [6, 6.07) is 13.3. The normalized spacial score (nSPS) is 10.2. The monoisotopic (exact) mass is 321 g/mol. The number of anilines is 1. The summed E-state index contributed by atoms with van der Waals surface area (Å²) in [6.45, 7) is 0.638. The maximum atomic E-state index is 11.5. The number of ether oxygens (including phenoxy) is 1. The largest absolute Gasteiger partial charge is 0.465 e. The molecule has 0 aliphatic rings. The Labute approximate surface area is 133 Å². The first kappa shape index (κ1) is 15.7. The highest BCUT2D eigenvalue weighted by molar-refractivity contribution is 7.98. The van der Waals surface area contributed by atoms with Crippen LogP contribution in [-0.2, 0) is 11.3 Å². The molecule has 3 nitrogen and oxygen atoms in total. The number of halogens is 1. The van der Waals surface area contributed by atoms with Crippen molar-refractivity contribution in [3.8, 4) is 0 Å². The molecule has 0 unspecified atom stereocenters. The fourth-order valence-corrected chi connectivity index (χ4v) is 2.44. The first-order valence-electron chi connectivity index (χ1n) is 6.38. The zero-order valence-electron chi connectivity index (χ0n) is 11.9. The van der Waals surface area contributed by atoms with E-state index in [0.717, 1.165) is 5.56 Å². The molecule has 0 bridgehead atoms. The first-order valence-corrected chi connectivity index (χ1v) is 7.99. The highest BCUT2D eigenvalue weighted by atomic mass is 35.5. The number of thioether (sulfide) groups is 1. The number of benzene rings is 2. The zero-order chi connectivity index (χ0) is 15.2. The smallest absolute Gasteiger partial charge is 0.337 e. The Morgan fingerprint density at radius 1 is 1.24 bits per heavy atom. The SMILES string of the molecule is COC(=O)c1ccc(Cl)c(NCc2ccc(SC)cc2)c1. The molecule has 0 aromatic heterocycles. The third-order valence-corrected chi connectivity index (χ3v) is 4.10. The van der Waals surface area contributed by atoms with Gasteiger partial charge < -0.3 is 10.1 Å². The van der Waals surface area contributed by atoms with Crippen LogP contribution in [-0.4, -0.2) is 19.3 Å². The van der Waals surface area contributed by atoms with Gasteiger partial charge in [-0.25, -0.2) is 4.79 Å². The number of rotatable bonds is 5. The van der Waals surface area contributed by atoms with Crippen LogP contribution in [0.4, 0.5) is 5.69 Å². The molecule has 2 rings (SSSR count). The first-order chi connectivity index (χ1) is 10.1. The van der Waals surface area contributed by atoms with E-state index in [9.17, 15) is 4.79 Å². The van der Waals surface area contributed by atoms with Gasteiger partial charge in [-0.2, -0.15) is 0 Å². The number of nitrogens with one attached hydrogen (secondary N) is 1. The van der Waals surface area contributed by atoms with E-state index >= 15 is 0 Å². The highest BCUT2D eigenvalue weighted by Gasteiger charge is 2.08. The van der Waals surface area contributed by atoms with Gasteiger partial charge in [0.2, 0.25) is 0 Å². The number of carbonyl (C=O) groups excluding carboxylic acids is 1. The fraction of sp³-hybridized carbons (Fsp3) is 0.188. The lowest BCUT2D eigenvalue weighted by Crippen LogP contribution is -2.04. The van der Waals surface area contributed by atoms with Crippen LogP contribution in [0.15, 0.2) is 47.4 Å². The van der Waals surface area contributed by atoms with Crippen LogP contribution >= 0.6 is 23.4 Å². The molecule has 0 saturated heterocycles. The van der Waals surface area contributed by atoms with E-state index in [1.54, 1.807) is 30.0 Å². The molecule has 0 radical (unpaired) electrons. The molecule has 1 N–H and O–H groups in total. The second kappa shape index (κ2) is 7.38. The molecule has 0 heterocycles. The van der Waals surface area contributed by atoms with Gasteiger partial charge in [-0.15, -0.1) is 11.8 Å². The quantitative estimate of drug-likeness (QED) is 0.651. The van der Waals surface area contributed by atoms with Crippen molar-refractivity contribution in [2.75, 3.05) is 18.7 Å². The lowest BCUT2D eigenvalue weighted by Gasteiger charge is -2.10. The molecule has 0 aliphatic heterocycles.